The van der Waals surface area contributed by atoms with E-state index in [0.717, 1.165) is 28.8 Å². The molecule has 0 spiro atoms. The van der Waals surface area contributed by atoms with Crippen molar-refractivity contribution in [2.75, 3.05) is 34.4 Å². The molecule has 1 atom stereocenters. The van der Waals surface area contributed by atoms with Gasteiger partial charge in [-0.05, 0) is 53.8 Å². The summed E-state index contributed by atoms with van der Waals surface area (Å²) in [6.07, 6.45) is 5.29. The van der Waals surface area contributed by atoms with E-state index < -0.39 is 7.75 Å². The minimum atomic E-state index is -3.58. The maximum absolute atomic E-state index is 12.8. The van der Waals surface area contributed by atoms with Gasteiger partial charge in [0.1, 0.15) is 5.84 Å². The molecule has 4 rings (SSSR count). The molecule has 7 nitrogen and oxygen atoms in total. The summed E-state index contributed by atoms with van der Waals surface area (Å²) in [4.78, 5) is 4.53. The van der Waals surface area contributed by atoms with Crippen molar-refractivity contribution in [3.8, 4) is 0 Å². The first-order chi connectivity index (χ1) is 16.4. The Morgan fingerprint density at radius 2 is 1.62 bits per heavy atom. The Bertz CT molecular complexity index is 1070. The fourth-order valence-electron chi connectivity index (χ4n) is 4.58. The molecule has 1 unspecified atom stereocenters. The molecule has 0 bridgehead atoms. The van der Waals surface area contributed by atoms with Gasteiger partial charge < -0.3 is 10.0 Å². The van der Waals surface area contributed by atoms with Gasteiger partial charge in [0.25, 0.3) is 0 Å². The van der Waals surface area contributed by atoms with Gasteiger partial charge in [-0.3, -0.25) is 13.9 Å². The summed E-state index contributed by atoms with van der Waals surface area (Å²) in [6, 6.07) is 16.5. The van der Waals surface area contributed by atoms with Crippen molar-refractivity contribution < 1.29 is 18.7 Å². The molecule has 1 fully saturated rings. The van der Waals surface area contributed by atoms with Crippen LogP contribution < -0.4 is 0 Å². The van der Waals surface area contributed by atoms with E-state index in [1.54, 1.807) is 0 Å². The molecule has 0 aliphatic carbocycles. The third-order valence-electron chi connectivity index (χ3n) is 6.66. The van der Waals surface area contributed by atoms with Gasteiger partial charge in [-0.2, -0.15) is 4.76 Å². The van der Waals surface area contributed by atoms with Gasteiger partial charge >= 0.3 is 7.75 Å². The molecule has 2 aliphatic rings. The van der Waals surface area contributed by atoms with Crippen LogP contribution >= 0.6 is 7.75 Å². The topological polar surface area (TPSA) is 74.6 Å². The van der Waals surface area contributed by atoms with E-state index in [9.17, 15) is 9.67 Å². The summed E-state index contributed by atoms with van der Waals surface area (Å²) in [5, 5.41) is 9.40. The number of hydrogen-bond acceptors (Lipinski definition) is 5. The molecule has 2 heterocycles. The predicted molar refractivity (Wildman–Crippen MR) is 135 cm³/mol. The maximum atomic E-state index is 12.8. The lowest BCUT2D eigenvalue weighted by Crippen LogP contribution is -2.34. The molecule has 8 heteroatoms. The molecule has 34 heavy (non-hydrogen) atoms. The average molecular weight is 484 g/mol. The molecule has 0 saturated carbocycles. The lowest BCUT2D eigenvalue weighted by atomic mass is 9.91. The van der Waals surface area contributed by atoms with Crippen LogP contribution in [0.3, 0.4) is 0 Å². The highest BCUT2D eigenvalue weighted by Gasteiger charge is 2.30. The average Bonchev–Trinajstić information content (AvgIpc) is 3.39. The van der Waals surface area contributed by atoms with Gasteiger partial charge in [-0.25, -0.2) is 4.57 Å². The lowest BCUT2D eigenvalue weighted by molar-refractivity contribution is 0.276. The number of benzene rings is 2. The fraction of sp³-hybridized carbons (Fsp3) is 0.423. The number of nitrogens with zero attached hydrogens (tertiary/aromatic N) is 3. The smallest absolute Gasteiger partial charge is 0.392 e. The van der Waals surface area contributed by atoms with Crippen LogP contribution in [0.25, 0.3) is 5.57 Å². The van der Waals surface area contributed by atoms with E-state index in [1.165, 1.54) is 45.7 Å². The summed E-state index contributed by atoms with van der Waals surface area (Å²) in [5.41, 5.74) is 5.42. The molecule has 0 radical (unpaired) electrons. The molecule has 0 aromatic heterocycles. The van der Waals surface area contributed by atoms with Gasteiger partial charge in [0.05, 0.1) is 12.6 Å². The number of hydrogen-bond donors (Lipinski definition) is 1. The molecule has 2 aromatic carbocycles. The second-order valence-corrected chi connectivity index (χ2v) is 10.7. The van der Waals surface area contributed by atoms with E-state index in [4.69, 9.17) is 9.05 Å². The minimum Gasteiger partial charge on any atom is -0.392 e. The van der Waals surface area contributed by atoms with Crippen LogP contribution in [0, 0.1) is 0 Å². The molecule has 2 aliphatic heterocycles. The molecule has 1 saturated heterocycles. The van der Waals surface area contributed by atoms with Crippen molar-refractivity contribution in [3.05, 3.63) is 76.9 Å². The van der Waals surface area contributed by atoms with E-state index in [1.807, 2.05) is 36.2 Å². The van der Waals surface area contributed by atoms with Gasteiger partial charge in [0.15, 0.2) is 0 Å². The van der Waals surface area contributed by atoms with E-state index >= 15 is 0 Å². The lowest BCUT2D eigenvalue weighted by Gasteiger charge is -2.35. The van der Waals surface area contributed by atoms with Gasteiger partial charge in [-0.1, -0.05) is 54.6 Å². The Labute approximate surface area is 202 Å². The van der Waals surface area contributed by atoms with Crippen molar-refractivity contribution in [2.45, 2.75) is 38.5 Å². The quantitative estimate of drug-likeness (QED) is 0.531. The van der Waals surface area contributed by atoms with Crippen molar-refractivity contribution in [1.29, 1.82) is 0 Å². The summed E-state index contributed by atoms with van der Waals surface area (Å²) < 4.78 is 27.4. The van der Waals surface area contributed by atoms with Crippen molar-refractivity contribution in [3.63, 3.8) is 0 Å². The predicted octanol–water partition coefficient (Wildman–Crippen LogP) is 5.03. The summed E-state index contributed by atoms with van der Waals surface area (Å²) in [5.74, 6) is 0.641. The van der Waals surface area contributed by atoms with Gasteiger partial charge in [-0.15, -0.1) is 0 Å². The third kappa shape index (κ3) is 5.68. The minimum absolute atomic E-state index is 0.00599. The second kappa shape index (κ2) is 11.0. The number of aliphatic hydroxyl groups is 1. The van der Waals surface area contributed by atoms with E-state index in [2.05, 4.69) is 40.0 Å². The Morgan fingerprint density at radius 1 is 1.00 bits per heavy atom. The largest absolute Gasteiger partial charge is 0.454 e. The molecule has 182 valence electrons. The first-order valence-corrected chi connectivity index (χ1v) is 13.2. The van der Waals surface area contributed by atoms with Crippen LogP contribution in [0.4, 0.5) is 0 Å². The fourth-order valence-corrected chi connectivity index (χ4v) is 5.39. The van der Waals surface area contributed by atoms with Crippen molar-refractivity contribution in [1.82, 2.24) is 9.80 Å². The SMILES string of the molecule is COP(=O)(/N=C1/CC(c2ccc(CO)cc2)=CC(c2ccc(CN3CCCC3)cc2)N1C)OC. The Morgan fingerprint density at radius 3 is 2.21 bits per heavy atom. The first-order valence-electron chi connectivity index (χ1n) is 11.7. The monoisotopic (exact) mass is 483 g/mol. The second-order valence-electron chi connectivity index (χ2n) is 8.85. The highest BCUT2D eigenvalue weighted by atomic mass is 31.2. The van der Waals surface area contributed by atoms with Crippen LogP contribution in [0.5, 0.6) is 0 Å². The highest BCUT2D eigenvalue weighted by molar-refractivity contribution is 7.52. The third-order valence-corrected chi connectivity index (χ3v) is 8.06. The number of rotatable bonds is 8. The molecule has 1 N–H and O–H groups in total. The Balaban J connectivity index is 1.67. The Kier molecular flexibility index (Phi) is 8.02. The first kappa shape index (κ1) is 24.8. The standard InChI is InChI=1S/C26H34N3O4P/c1-28-25(23-12-6-20(7-13-23)18-29-14-4-5-15-29)16-24(22-10-8-21(19-30)9-11-22)17-26(28)27-34(31,32-2)33-3/h6-13,16,25,30H,4-5,14-15,17-19H2,1-3H3/b27-26-. The van der Waals surface area contributed by atoms with Crippen molar-refractivity contribution in [2.24, 2.45) is 4.76 Å². The normalized spacial score (nSPS) is 20.7. The van der Waals surface area contributed by atoms with Gasteiger partial charge in [0.2, 0.25) is 0 Å². The number of amidine groups is 1. The van der Waals surface area contributed by atoms with Crippen molar-refractivity contribution >= 4 is 19.2 Å². The van der Waals surface area contributed by atoms with E-state index in [0.29, 0.717) is 12.3 Å². The van der Waals surface area contributed by atoms with Gasteiger partial charge in [0, 0.05) is 34.2 Å². The number of likely N-dealkylation sites (tertiary alicyclic amines) is 1. The zero-order chi connectivity index (χ0) is 24.1. The van der Waals surface area contributed by atoms with E-state index in [-0.39, 0.29) is 12.6 Å². The molecular weight excluding hydrogens is 449 g/mol. The summed E-state index contributed by atoms with van der Waals surface area (Å²) >= 11 is 0. The summed E-state index contributed by atoms with van der Waals surface area (Å²) in [7, 11) is 1.07. The molecule has 0 amide bonds. The Hall–Kier alpha value is -2.28. The number of likely N-dealkylation sites (N-methyl/N-ethyl adjacent to an activating group) is 1. The van der Waals surface area contributed by atoms with Crippen LogP contribution in [0.2, 0.25) is 0 Å². The van der Waals surface area contributed by atoms with Crippen LogP contribution in [0.15, 0.2) is 59.4 Å². The molecular formula is C26H34N3O4P. The molecule has 2 aromatic rings. The van der Waals surface area contributed by atoms with Crippen LogP contribution in [0.1, 0.15) is 47.6 Å². The summed E-state index contributed by atoms with van der Waals surface area (Å²) in [6.45, 7) is 3.34. The van der Waals surface area contributed by atoms with Crippen LogP contribution in [-0.4, -0.2) is 55.1 Å². The number of aliphatic hydroxyl groups excluding tert-OH is 1. The van der Waals surface area contributed by atoms with Crippen LogP contribution in [-0.2, 0) is 26.8 Å². The highest BCUT2D eigenvalue weighted by Crippen LogP contribution is 2.49. The zero-order valence-corrected chi connectivity index (χ0v) is 21.1. The maximum Gasteiger partial charge on any atom is 0.454 e. The zero-order valence-electron chi connectivity index (χ0n) is 20.2.